The summed E-state index contributed by atoms with van der Waals surface area (Å²) in [4.78, 5) is 21.3. The van der Waals surface area contributed by atoms with Crippen molar-refractivity contribution in [1.82, 2.24) is 20.6 Å². The van der Waals surface area contributed by atoms with Gasteiger partial charge in [-0.25, -0.2) is 9.97 Å². The molecule has 7 nitrogen and oxygen atoms in total. The van der Waals surface area contributed by atoms with Crippen LogP contribution in [0.3, 0.4) is 0 Å². The lowest BCUT2D eigenvalue weighted by Gasteiger charge is -2.43. The normalized spacial score (nSPS) is 24.9. The minimum Gasteiger partial charge on any atom is -0.393 e. The third-order valence-electron chi connectivity index (χ3n) is 5.49. The molecular weight excluding hydrogens is 330 g/mol. The first kappa shape index (κ1) is 19.0. The van der Waals surface area contributed by atoms with E-state index in [1.165, 1.54) is 0 Å². The number of hydrogen-bond donors (Lipinski definition) is 4. The second-order valence-corrected chi connectivity index (χ2v) is 8.17. The zero-order chi connectivity index (χ0) is 18.7. The number of aliphatic hydroxyl groups excluding tert-OH is 1. The van der Waals surface area contributed by atoms with Gasteiger partial charge in [-0.2, -0.15) is 0 Å². The van der Waals surface area contributed by atoms with Crippen molar-refractivity contribution in [3.05, 3.63) is 17.5 Å². The highest BCUT2D eigenvalue weighted by atomic mass is 16.3. The van der Waals surface area contributed by atoms with E-state index >= 15 is 0 Å². The fourth-order valence-corrected chi connectivity index (χ4v) is 4.13. The molecular formula is C19H31N5O2. The first-order valence-corrected chi connectivity index (χ1v) is 9.75. The van der Waals surface area contributed by atoms with Gasteiger partial charge in [-0.15, -0.1) is 0 Å². The Bertz CT molecular complexity index is 624. The molecule has 1 aliphatic heterocycles. The van der Waals surface area contributed by atoms with E-state index < -0.39 is 0 Å². The molecule has 0 unspecified atom stereocenters. The van der Waals surface area contributed by atoms with Crippen LogP contribution >= 0.6 is 0 Å². The number of rotatable bonds is 6. The van der Waals surface area contributed by atoms with Gasteiger partial charge in [-0.3, -0.25) is 4.79 Å². The molecule has 1 aromatic heterocycles. The minimum absolute atomic E-state index is 0.0812. The largest absolute Gasteiger partial charge is 0.393 e. The molecule has 0 radical (unpaired) electrons. The second kappa shape index (κ2) is 8.31. The van der Waals surface area contributed by atoms with Crippen LogP contribution in [-0.2, 0) is 6.42 Å². The summed E-state index contributed by atoms with van der Waals surface area (Å²) in [5.74, 6) is 1.16. The third-order valence-corrected chi connectivity index (χ3v) is 5.49. The number of aromatic nitrogens is 2. The fourth-order valence-electron chi connectivity index (χ4n) is 4.13. The quantitative estimate of drug-likeness (QED) is 0.604. The van der Waals surface area contributed by atoms with Gasteiger partial charge in [0, 0.05) is 11.7 Å². The molecule has 2 fully saturated rings. The van der Waals surface area contributed by atoms with Gasteiger partial charge in [0.15, 0.2) is 0 Å². The van der Waals surface area contributed by atoms with E-state index in [0.717, 1.165) is 50.9 Å². The summed E-state index contributed by atoms with van der Waals surface area (Å²) in [6, 6.07) is 1.83. The lowest BCUT2D eigenvalue weighted by atomic mass is 9.71. The van der Waals surface area contributed by atoms with Gasteiger partial charge in [-0.05, 0) is 69.0 Å². The molecule has 5 N–H and O–H groups in total. The van der Waals surface area contributed by atoms with E-state index in [1.807, 2.05) is 0 Å². The Morgan fingerprint density at radius 3 is 2.62 bits per heavy atom. The Morgan fingerprint density at radius 2 is 2.00 bits per heavy atom. The molecule has 1 amide bonds. The SMILES string of the molecule is CC(C)Cc1cc(C(=O)N[C@@H](C2CCNCC2)C2CC(O)C2)nc(N)n1. The van der Waals surface area contributed by atoms with Crippen LogP contribution in [0.4, 0.5) is 5.95 Å². The third kappa shape index (κ3) is 4.71. The van der Waals surface area contributed by atoms with E-state index in [9.17, 15) is 9.90 Å². The molecule has 1 saturated carbocycles. The molecule has 3 rings (SSSR count). The maximum absolute atomic E-state index is 12.9. The highest BCUT2D eigenvalue weighted by molar-refractivity contribution is 5.92. The van der Waals surface area contributed by atoms with Gasteiger partial charge in [0.2, 0.25) is 5.95 Å². The van der Waals surface area contributed by atoms with Crippen molar-refractivity contribution in [2.75, 3.05) is 18.8 Å². The van der Waals surface area contributed by atoms with E-state index in [0.29, 0.717) is 23.4 Å². The number of nitrogens with zero attached hydrogens (tertiary/aromatic N) is 2. The lowest BCUT2D eigenvalue weighted by Crippen LogP contribution is -2.53. The van der Waals surface area contributed by atoms with E-state index in [4.69, 9.17) is 5.73 Å². The number of amides is 1. The van der Waals surface area contributed by atoms with E-state index in [2.05, 4.69) is 34.4 Å². The van der Waals surface area contributed by atoms with Gasteiger partial charge in [0.1, 0.15) is 5.69 Å². The molecule has 1 aliphatic carbocycles. The van der Waals surface area contributed by atoms with Crippen molar-refractivity contribution in [3.8, 4) is 0 Å². The molecule has 0 bridgehead atoms. The van der Waals surface area contributed by atoms with Crippen LogP contribution in [-0.4, -0.2) is 46.2 Å². The molecule has 26 heavy (non-hydrogen) atoms. The predicted molar refractivity (Wildman–Crippen MR) is 101 cm³/mol. The average Bonchev–Trinajstić information content (AvgIpc) is 2.56. The fraction of sp³-hybridized carbons (Fsp3) is 0.737. The van der Waals surface area contributed by atoms with Crippen molar-refractivity contribution < 1.29 is 9.90 Å². The second-order valence-electron chi connectivity index (χ2n) is 8.17. The molecule has 0 spiro atoms. The highest BCUT2D eigenvalue weighted by Crippen LogP contribution is 2.35. The molecule has 2 heterocycles. The number of nitrogens with two attached hydrogens (primary N) is 1. The maximum Gasteiger partial charge on any atom is 0.270 e. The van der Waals surface area contributed by atoms with Crippen LogP contribution in [0.25, 0.3) is 0 Å². The molecule has 7 heteroatoms. The van der Waals surface area contributed by atoms with Crippen LogP contribution in [0, 0.1) is 17.8 Å². The maximum atomic E-state index is 12.9. The number of nitrogen functional groups attached to an aromatic ring is 1. The summed E-state index contributed by atoms with van der Waals surface area (Å²) in [6.45, 7) is 6.16. The average molecular weight is 361 g/mol. The lowest BCUT2D eigenvalue weighted by molar-refractivity contribution is 0.00913. The molecule has 0 aromatic carbocycles. The number of anilines is 1. The van der Waals surface area contributed by atoms with Crippen molar-refractivity contribution in [3.63, 3.8) is 0 Å². The Hall–Kier alpha value is -1.73. The molecule has 1 aromatic rings. The van der Waals surface area contributed by atoms with Crippen LogP contribution in [0.15, 0.2) is 6.07 Å². The Balaban J connectivity index is 1.73. The summed E-state index contributed by atoms with van der Waals surface area (Å²) in [5.41, 5.74) is 6.96. The number of carbonyl (C=O) groups is 1. The van der Waals surface area contributed by atoms with E-state index in [-0.39, 0.29) is 24.0 Å². The number of nitrogens with one attached hydrogen (secondary N) is 2. The van der Waals surface area contributed by atoms with Crippen LogP contribution in [0.5, 0.6) is 0 Å². The predicted octanol–water partition coefficient (Wildman–Crippen LogP) is 1.13. The van der Waals surface area contributed by atoms with Crippen molar-refractivity contribution in [2.24, 2.45) is 17.8 Å². The number of piperidine rings is 1. The van der Waals surface area contributed by atoms with E-state index in [1.54, 1.807) is 6.07 Å². The topological polar surface area (TPSA) is 113 Å². The van der Waals surface area contributed by atoms with Crippen molar-refractivity contribution in [1.29, 1.82) is 0 Å². The Morgan fingerprint density at radius 1 is 1.31 bits per heavy atom. The standard InChI is InChI=1S/C19H31N5O2/c1-11(2)7-14-10-16(23-19(20)22-14)18(26)24-17(13-8-15(25)9-13)12-3-5-21-6-4-12/h10-13,15,17,21,25H,3-9H2,1-2H3,(H,24,26)(H2,20,22,23)/t13?,15?,17-/m0/s1. The van der Waals surface area contributed by atoms with Gasteiger partial charge >= 0.3 is 0 Å². The first-order valence-electron chi connectivity index (χ1n) is 9.75. The summed E-state index contributed by atoms with van der Waals surface area (Å²) >= 11 is 0. The number of hydrogen-bond acceptors (Lipinski definition) is 6. The van der Waals surface area contributed by atoms with Crippen molar-refractivity contribution in [2.45, 2.75) is 58.1 Å². The number of aliphatic hydroxyl groups is 1. The summed E-state index contributed by atoms with van der Waals surface area (Å²) in [5, 5.41) is 16.3. The van der Waals surface area contributed by atoms with Crippen LogP contribution < -0.4 is 16.4 Å². The number of carbonyl (C=O) groups excluding carboxylic acids is 1. The van der Waals surface area contributed by atoms with Gasteiger partial charge in [0.05, 0.1) is 6.10 Å². The summed E-state index contributed by atoms with van der Waals surface area (Å²) < 4.78 is 0. The zero-order valence-electron chi connectivity index (χ0n) is 15.7. The van der Waals surface area contributed by atoms with Gasteiger partial charge < -0.3 is 21.5 Å². The molecule has 1 atom stereocenters. The van der Waals surface area contributed by atoms with Crippen LogP contribution in [0.1, 0.15) is 55.7 Å². The Labute approximate surface area is 155 Å². The Kier molecular flexibility index (Phi) is 6.09. The summed E-state index contributed by atoms with van der Waals surface area (Å²) in [6.07, 6.45) is 4.15. The van der Waals surface area contributed by atoms with Gasteiger partial charge in [-0.1, -0.05) is 13.8 Å². The zero-order valence-corrected chi connectivity index (χ0v) is 15.7. The van der Waals surface area contributed by atoms with Gasteiger partial charge in [0.25, 0.3) is 5.91 Å². The highest BCUT2D eigenvalue weighted by Gasteiger charge is 2.39. The minimum atomic E-state index is -0.228. The summed E-state index contributed by atoms with van der Waals surface area (Å²) in [7, 11) is 0. The van der Waals surface area contributed by atoms with Crippen LogP contribution in [0.2, 0.25) is 0 Å². The molecule has 144 valence electrons. The molecule has 2 aliphatic rings. The molecule has 1 saturated heterocycles. The van der Waals surface area contributed by atoms with Crippen molar-refractivity contribution >= 4 is 11.9 Å². The smallest absolute Gasteiger partial charge is 0.270 e. The monoisotopic (exact) mass is 361 g/mol. The first-order chi connectivity index (χ1) is 12.4.